The molecular weight excluding hydrogens is 167 g/mol. The van der Waals surface area contributed by atoms with Gasteiger partial charge in [0.15, 0.2) is 0 Å². The number of benzene rings is 1. The molecule has 0 aliphatic rings. The Morgan fingerprint density at radius 3 is 2.92 bits per heavy atom. The van der Waals surface area contributed by atoms with Gasteiger partial charge in [0, 0.05) is 24.9 Å². The van der Waals surface area contributed by atoms with Crippen molar-refractivity contribution in [1.82, 2.24) is 9.78 Å². The minimum absolute atomic E-state index is 0.253. The lowest BCUT2D eigenvalue weighted by Gasteiger charge is -1.95. The summed E-state index contributed by atoms with van der Waals surface area (Å²) in [6, 6.07) is 9.25. The van der Waals surface area contributed by atoms with E-state index in [2.05, 4.69) is 11.2 Å². The van der Waals surface area contributed by atoms with Crippen LogP contribution in [0.1, 0.15) is 0 Å². The van der Waals surface area contributed by atoms with Gasteiger partial charge < -0.3 is 0 Å². The van der Waals surface area contributed by atoms with Gasteiger partial charge in [0.1, 0.15) is 11.5 Å². The van der Waals surface area contributed by atoms with Crippen LogP contribution in [-0.2, 0) is 7.05 Å². The minimum atomic E-state index is -0.253. The molecule has 0 saturated heterocycles. The molecule has 0 spiro atoms. The summed E-state index contributed by atoms with van der Waals surface area (Å²) in [5.41, 5.74) is 1.42. The zero-order chi connectivity index (χ0) is 9.26. The van der Waals surface area contributed by atoms with Crippen molar-refractivity contribution in [3.8, 4) is 11.3 Å². The van der Waals surface area contributed by atoms with Gasteiger partial charge in [-0.05, 0) is 12.1 Å². The molecule has 13 heavy (non-hydrogen) atoms. The fourth-order valence-corrected chi connectivity index (χ4v) is 1.15. The molecule has 2 aromatic rings. The summed E-state index contributed by atoms with van der Waals surface area (Å²) < 4.78 is 14.5. The SMILES string of the molecule is Cn1c[c]c(-c2cccc(F)c2)n1. The van der Waals surface area contributed by atoms with Gasteiger partial charge in [0.2, 0.25) is 0 Å². The van der Waals surface area contributed by atoms with Crippen LogP contribution in [0.2, 0.25) is 0 Å². The Bertz CT molecular complexity index is 420. The van der Waals surface area contributed by atoms with E-state index in [1.807, 2.05) is 6.07 Å². The first kappa shape index (κ1) is 7.98. The topological polar surface area (TPSA) is 17.8 Å². The van der Waals surface area contributed by atoms with E-state index >= 15 is 0 Å². The zero-order valence-electron chi connectivity index (χ0n) is 7.16. The summed E-state index contributed by atoms with van der Waals surface area (Å²) in [4.78, 5) is 0. The lowest BCUT2D eigenvalue weighted by Crippen LogP contribution is -1.88. The molecule has 2 rings (SSSR count). The van der Waals surface area contributed by atoms with Crippen molar-refractivity contribution in [3.63, 3.8) is 0 Å². The Labute approximate surface area is 75.6 Å². The van der Waals surface area contributed by atoms with Gasteiger partial charge in [-0.25, -0.2) is 4.39 Å². The van der Waals surface area contributed by atoms with E-state index in [9.17, 15) is 4.39 Å². The molecule has 0 bridgehead atoms. The average molecular weight is 175 g/mol. The number of nitrogens with zero attached hydrogens (tertiary/aromatic N) is 2. The first-order valence-corrected chi connectivity index (χ1v) is 3.93. The smallest absolute Gasteiger partial charge is 0.123 e. The first-order valence-electron chi connectivity index (χ1n) is 3.93. The molecule has 1 aromatic heterocycles. The number of rotatable bonds is 1. The minimum Gasteiger partial charge on any atom is -0.275 e. The van der Waals surface area contributed by atoms with Crippen LogP contribution in [0.5, 0.6) is 0 Å². The van der Waals surface area contributed by atoms with Crippen LogP contribution in [0.25, 0.3) is 11.3 Å². The van der Waals surface area contributed by atoms with E-state index in [1.165, 1.54) is 12.1 Å². The third kappa shape index (κ3) is 1.59. The molecule has 0 aliphatic carbocycles. The molecule has 1 heterocycles. The highest BCUT2D eigenvalue weighted by molar-refractivity contribution is 5.57. The largest absolute Gasteiger partial charge is 0.275 e. The van der Waals surface area contributed by atoms with E-state index in [0.717, 1.165) is 5.56 Å². The average Bonchev–Trinajstić information content (AvgIpc) is 2.52. The Hall–Kier alpha value is -1.64. The lowest BCUT2D eigenvalue weighted by atomic mass is 10.1. The van der Waals surface area contributed by atoms with E-state index in [0.29, 0.717) is 5.69 Å². The van der Waals surface area contributed by atoms with Gasteiger partial charge in [-0.15, -0.1) is 0 Å². The third-order valence-corrected chi connectivity index (χ3v) is 1.74. The molecule has 2 nitrogen and oxygen atoms in total. The lowest BCUT2D eigenvalue weighted by molar-refractivity contribution is 0.628. The quantitative estimate of drug-likeness (QED) is 0.648. The molecule has 3 heteroatoms. The Morgan fingerprint density at radius 1 is 1.46 bits per heavy atom. The van der Waals surface area contributed by atoms with Crippen LogP contribution in [0.15, 0.2) is 30.5 Å². The second kappa shape index (κ2) is 3.01. The summed E-state index contributed by atoms with van der Waals surface area (Å²) in [6.45, 7) is 0. The van der Waals surface area contributed by atoms with Crippen molar-refractivity contribution in [1.29, 1.82) is 0 Å². The third-order valence-electron chi connectivity index (χ3n) is 1.74. The van der Waals surface area contributed by atoms with Gasteiger partial charge in [0.25, 0.3) is 0 Å². The van der Waals surface area contributed by atoms with E-state index in [4.69, 9.17) is 0 Å². The highest BCUT2D eigenvalue weighted by Gasteiger charge is 2.01. The van der Waals surface area contributed by atoms with Crippen LogP contribution in [0.3, 0.4) is 0 Å². The van der Waals surface area contributed by atoms with Gasteiger partial charge in [-0.3, -0.25) is 4.68 Å². The van der Waals surface area contributed by atoms with Crippen LogP contribution < -0.4 is 0 Å². The van der Waals surface area contributed by atoms with Crippen LogP contribution in [-0.4, -0.2) is 9.78 Å². The first-order chi connectivity index (χ1) is 6.25. The molecule has 0 amide bonds. The van der Waals surface area contributed by atoms with E-state index in [-0.39, 0.29) is 5.82 Å². The summed E-state index contributed by atoms with van der Waals surface area (Å²) in [5.74, 6) is -0.253. The van der Waals surface area contributed by atoms with Crippen molar-refractivity contribution >= 4 is 0 Å². The maximum atomic E-state index is 12.8. The predicted octanol–water partition coefficient (Wildman–Crippen LogP) is 2.03. The molecule has 0 aliphatic heterocycles. The van der Waals surface area contributed by atoms with Crippen molar-refractivity contribution in [2.24, 2.45) is 7.05 Å². The van der Waals surface area contributed by atoms with Gasteiger partial charge in [-0.1, -0.05) is 12.1 Å². The van der Waals surface area contributed by atoms with Gasteiger partial charge >= 0.3 is 0 Å². The molecule has 65 valence electrons. The fraction of sp³-hybridized carbons (Fsp3) is 0.100. The molecule has 0 unspecified atom stereocenters. The number of hydrogen-bond donors (Lipinski definition) is 0. The molecule has 1 radical (unpaired) electrons. The Kier molecular flexibility index (Phi) is 1.85. The molecule has 0 saturated carbocycles. The van der Waals surface area contributed by atoms with Gasteiger partial charge in [0.05, 0.1) is 0 Å². The van der Waals surface area contributed by atoms with E-state index < -0.39 is 0 Å². The normalized spacial score (nSPS) is 10.3. The summed E-state index contributed by atoms with van der Waals surface area (Å²) in [7, 11) is 1.80. The van der Waals surface area contributed by atoms with Crippen LogP contribution >= 0.6 is 0 Å². The monoisotopic (exact) mass is 175 g/mol. The molecule has 0 atom stereocenters. The highest BCUT2D eigenvalue weighted by Crippen LogP contribution is 2.16. The zero-order valence-corrected chi connectivity index (χ0v) is 7.16. The standard InChI is InChI=1S/C10H8FN2/c1-13-6-5-10(12-13)8-3-2-4-9(11)7-8/h2-4,6-7H,1H3. The molecule has 0 N–H and O–H groups in total. The number of halogens is 1. The molecule has 0 fully saturated rings. The maximum absolute atomic E-state index is 12.8. The van der Waals surface area contributed by atoms with E-state index in [1.54, 1.807) is 24.0 Å². The van der Waals surface area contributed by atoms with Crippen LogP contribution in [0.4, 0.5) is 4.39 Å². The van der Waals surface area contributed by atoms with Crippen LogP contribution in [0, 0.1) is 11.9 Å². The summed E-state index contributed by atoms with van der Waals surface area (Å²) >= 11 is 0. The number of hydrogen-bond acceptors (Lipinski definition) is 1. The Morgan fingerprint density at radius 2 is 2.31 bits per heavy atom. The van der Waals surface area contributed by atoms with Crippen molar-refractivity contribution < 1.29 is 4.39 Å². The highest BCUT2D eigenvalue weighted by atomic mass is 19.1. The predicted molar refractivity (Wildman–Crippen MR) is 47.4 cm³/mol. The maximum Gasteiger partial charge on any atom is 0.123 e. The summed E-state index contributed by atoms with van der Waals surface area (Å²) in [5, 5.41) is 4.12. The van der Waals surface area contributed by atoms with Crippen molar-refractivity contribution in [2.75, 3.05) is 0 Å². The molecular formula is C10H8FN2. The second-order valence-corrected chi connectivity index (χ2v) is 2.81. The van der Waals surface area contributed by atoms with Crippen molar-refractivity contribution in [2.45, 2.75) is 0 Å². The number of aromatic nitrogens is 2. The fourth-order valence-electron chi connectivity index (χ4n) is 1.15. The second-order valence-electron chi connectivity index (χ2n) is 2.81. The van der Waals surface area contributed by atoms with Crippen molar-refractivity contribution in [3.05, 3.63) is 42.3 Å². The van der Waals surface area contributed by atoms with Gasteiger partial charge in [-0.2, -0.15) is 5.10 Å². The Balaban J connectivity index is 2.46. The summed E-state index contributed by atoms with van der Waals surface area (Å²) in [6.07, 6.45) is 1.71. The number of aryl methyl sites for hydroxylation is 1. The molecule has 1 aromatic carbocycles.